The van der Waals surface area contributed by atoms with Crippen LogP contribution in [0.15, 0.2) is 182 Å². The van der Waals surface area contributed by atoms with E-state index >= 15 is 0 Å². The monoisotopic (exact) mass is 698 g/mol. The van der Waals surface area contributed by atoms with Gasteiger partial charge in [-0.3, -0.25) is 4.98 Å². The first-order chi connectivity index (χ1) is 27.2. The quantitative estimate of drug-likeness (QED) is 0.172. The van der Waals surface area contributed by atoms with Gasteiger partial charge in [-0.25, -0.2) is 4.98 Å². The molecule has 4 nitrogen and oxygen atoms in total. The number of aromatic nitrogens is 3. The maximum absolute atomic E-state index is 9.78. The van der Waals surface area contributed by atoms with Crippen LogP contribution in [0, 0.1) is 11.3 Å². The molecule has 11 rings (SSSR count). The molecule has 3 heterocycles. The molecule has 0 N–H and O–H groups in total. The normalized spacial score (nSPS) is 11.6. The van der Waals surface area contributed by atoms with Gasteiger partial charge in [0.2, 0.25) is 0 Å². The van der Waals surface area contributed by atoms with Gasteiger partial charge >= 0.3 is 0 Å². The highest BCUT2D eigenvalue weighted by Gasteiger charge is 2.19. The van der Waals surface area contributed by atoms with E-state index in [9.17, 15) is 5.26 Å². The molecule has 254 valence electrons. The van der Waals surface area contributed by atoms with Crippen molar-refractivity contribution in [2.24, 2.45) is 0 Å². The summed E-state index contributed by atoms with van der Waals surface area (Å²) in [6.07, 6.45) is 3.71. The van der Waals surface area contributed by atoms with E-state index in [-0.39, 0.29) is 0 Å². The zero-order valence-electron chi connectivity index (χ0n) is 29.6. The predicted molar refractivity (Wildman–Crippen MR) is 227 cm³/mol. The molecule has 0 fully saturated rings. The van der Waals surface area contributed by atoms with Crippen molar-refractivity contribution in [2.45, 2.75) is 0 Å². The van der Waals surface area contributed by atoms with Crippen LogP contribution < -0.4 is 0 Å². The molecule has 0 amide bonds. The lowest BCUT2D eigenvalue weighted by atomic mass is 9.89. The summed E-state index contributed by atoms with van der Waals surface area (Å²) in [5, 5.41) is 20.3. The fourth-order valence-corrected chi connectivity index (χ4v) is 8.55. The van der Waals surface area contributed by atoms with Gasteiger partial charge in [0.25, 0.3) is 0 Å². The standard InChI is InChI=1S/C51H30N4/c52-30-32-16-24-47-44(27-32)45-28-35(22-25-48(45)55(47)38-10-2-1-3-11-38)33-17-19-34(20-18-33)51-50-42-15-7-5-13-40(42)39-12-4-6-14-41(39)49(50)43-23-21-36(29-46(43)54-51)37-9-8-26-53-31-37/h1-29,31H. The molecule has 0 atom stereocenters. The summed E-state index contributed by atoms with van der Waals surface area (Å²) in [6, 6.07) is 62.4. The Morgan fingerprint density at radius 1 is 0.436 bits per heavy atom. The second-order valence-electron chi connectivity index (χ2n) is 14.1. The Balaban J connectivity index is 1.12. The second kappa shape index (κ2) is 12.2. The SMILES string of the molecule is N#Cc1ccc2c(c1)c1cc(-c3ccc(-c4nc5cc(-c6cccnc6)ccc5c5c6ccccc6c6ccccc6c45)cc3)ccc1n2-c1ccccc1. The lowest BCUT2D eigenvalue weighted by Crippen LogP contribution is -1.94. The molecule has 0 aliphatic rings. The Hall–Kier alpha value is -7.61. The van der Waals surface area contributed by atoms with Crippen molar-refractivity contribution in [2.75, 3.05) is 0 Å². The van der Waals surface area contributed by atoms with Crippen molar-refractivity contribution in [1.82, 2.24) is 14.5 Å². The van der Waals surface area contributed by atoms with Crippen LogP contribution in [-0.4, -0.2) is 14.5 Å². The van der Waals surface area contributed by atoms with Gasteiger partial charge in [-0.15, -0.1) is 0 Å². The van der Waals surface area contributed by atoms with Gasteiger partial charge < -0.3 is 4.57 Å². The van der Waals surface area contributed by atoms with E-state index < -0.39 is 0 Å². The molecule has 0 spiro atoms. The van der Waals surface area contributed by atoms with Crippen LogP contribution in [0.5, 0.6) is 0 Å². The van der Waals surface area contributed by atoms with Crippen LogP contribution in [0.3, 0.4) is 0 Å². The summed E-state index contributed by atoms with van der Waals surface area (Å²) >= 11 is 0. The Kier molecular flexibility index (Phi) is 6.89. The summed E-state index contributed by atoms with van der Waals surface area (Å²) in [4.78, 5) is 9.88. The number of para-hydroxylation sites is 1. The van der Waals surface area contributed by atoms with Crippen LogP contribution in [-0.2, 0) is 0 Å². The summed E-state index contributed by atoms with van der Waals surface area (Å²) in [5.41, 5.74) is 11.3. The van der Waals surface area contributed by atoms with Crippen molar-refractivity contribution in [1.29, 1.82) is 5.26 Å². The van der Waals surface area contributed by atoms with E-state index in [1.54, 1.807) is 6.20 Å². The molecular weight excluding hydrogens is 669 g/mol. The number of nitriles is 1. The molecule has 0 saturated carbocycles. The van der Waals surface area contributed by atoms with Crippen molar-refractivity contribution in [3.8, 4) is 45.3 Å². The van der Waals surface area contributed by atoms with Crippen molar-refractivity contribution < 1.29 is 0 Å². The Morgan fingerprint density at radius 3 is 1.78 bits per heavy atom. The number of hydrogen-bond acceptors (Lipinski definition) is 3. The number of rotatable bonds is 4. The number of hydrogen-bond donors (Lipinski definition) is 0. The van der Waals surface area contributed by atoms with E-state index in [0.29, 0.717) is 5.56 Å². The maximum Gasteiger partial charge on any atom is 0.0991 e. The Labute approximate surface area is 316 Å². The molecule has 4 heteroatoms. The third-order valence-electron chi connectivity index (χ3n) is 11.1. The Morgan fingerprint density at radius 2 is 1.05 bits per heavy atom. The minimum Gasteiger partial charge on any atom is -0.309 e. The van der Waals surface area contributed by atoms with Gasteiger partial charge in [0.1, 0.15) is 0 Å². The zero-order valence-corrected chi connectivity index (χ0v) is 29.6. The summed E-state index contributed by atoms with van der Waals surface area (Å²) in [5.74, 6) is 0. The van der Waals surface area contributed by atoms with Crippen molar-refractivity contribution in [3.05, 3.63) is 188 Å². The first kappa shape index (κ1) is 31.0. The molecule has 0 aliphatic heterocycles. The molecule has 55 heavy (non-hydrogen) atoms. The first-order valence-electron chi connectivity index (χ1n) is 18.5. The number of fused-ring (bicyclic) bond motifs is 11. The largest absolute Gasteiger partial charge is 0.309 e. The average Bonchev–Trinajstić information content (AvgIpc) is 3.59. The van der Waals surface area contributed by atoms with Gasteiger partial charge in [-0.1, -0.05) is 115 Å². The maximum atomic E-state index is 9.78. The van der Waals surface area contributed by atoms with Gasteiger partial charge in [-0.05, 0) is 92.8 Å². The van der Waals surface area contributed by atoms with Gasteiger partial charge in [0.05, 0.1) is 33.9 Å². The minimum atomic E-state index is 0.650. The number of pyridine rings is 2. The molecule has 0 radical (unpaired) electrons. The lowest BCUT2D eigenvalue weighted by molar-refractivity contribution is 1.18. The molecule has 8 aromatic carbocycles. The van der Waals surface area contributed by atoms with Crippen molar-refractivity contribution in [3.63, 3.8) is 0 Å². The van der Waals surface area contributed by atoms with E-state index in [1.807, 2.05) is 30.5 Å². The fourth-order valence-electron chi connectivity index (χ4n) is 8.55. The third kappa shape index (κ3) is 4.84. The van der Waals surface area contributed by atoms with E-state index in [1.165, 1.54) is 26.9 Å². The highest BCUT2D eigenvalue weighted by atomic mass is 15.0. The average molecular weight is 699 g/mol. The Bertz CT molecular complexity index is 3360. The van der Waals surface area contributed by atoms with Crippen molar-refractivity contribution >= 4 is 65.0 Å². The van der Waals surface area contributed by atoms with E-state index in [2.05, 4.69) is 161 Å². The highest BCUT2D eigenvalue weighted by Crippen LogP contribution is 2.44. The van der Waals surface area contributed by atoms with E-state index in [0.717, 1.165) is 77.3 Å². The second-order valence-corrected chi connectivity index (χ2v) is 14.1. The molecule has 0 bridgehead atoms. The molecular formula is C51H30N4. The third-order valence-corrected chi connectivity index (χ3v) is 11.1. The van der Waals surface area contributed by atoms with Gasteiger partial charge in [-0.2, -0.15) is 5.26 Å². The summed E-state index contributed by atoms with van der Waals surface area (Å²) in [6.45, 7) is 0. The van der Waals surface area contributed by atoms with Crippen LogP contribution in [0.4, 0.5) is 0 Å². The first-order valence-corrected chi connectivity index (χ1v) is 18.5. The smallest absolute Gasteiger partial charge is 0.0991 e. The number of nitrogens with zero attached hydrogens (tertiary/aromatic N) is 4. The zero-order chi connectivity index (χ0) is 36.5. The molecule has 0 unspecified atom stereocenters. The molecule has 0 saturated heterocycles. The highest BCUT2D eigenvalue weighted by molar-refractivity contribution is 6.33. The topological polar surface area (TPSA) is 54.5 Å². The molecule has 3 aromatic heterocycles. The molecule has 0 aliphatic carbocycles. The number of benzene rings is 8. The molecule has 11 aromatic rings. The van der Waals surface area contributed by atoms with Crippen LogP contribution >= 0.6 is 0 Å². The summed E-state index contributed by atoms with van der Waals surface area (Å²) in [7, 11) is 0. The van der Waals surface area contributed by atoms with Crippen LogP contribution in [0.1, 0.15) is 5.56 Å². The van der Waals surface area contributed by atoms with Gasteiger partial charge in [0, 0.05) is 56.1 Å². The summed E-state index contributed by atoms with van der Waals surface area (Å²) < 4.78 is 2.28. The van der Waals surface area contributed by atoms with Gasteiger partial charge in [0.15, 0.2) is 0 Å². The van der Waals surface area contributed by atoms with Crippen LogP contribution in [0.2, 0.25) is 0 Å². The van der Waals surface area contributed by atoms with Crippen LogP contribution in [0.25, 0.3) is 104 Å². The predicted octanol–water partition coefficient (Wildman–Crippen LogP) is 13.1. The fraction of sp³-hybridized carbons (Fsp3) is 0. The lowest BCUT2D eigenvalue weighted by Gasteiger charge is -2.17. The minimum absolute atomic E-state index is 0.650. The van der Waals surface area contributed by atoms with E-state index in [4.69, 9.17) is 4.98 Å².